The number of ether oxygens (including phenoxy) is 2. The first kappa shape index (κ1) is 15.1. The Hall–Kier alpha value is -1.30. The highest BCUT2D eigenvalue weighted by atomic mass is 35.5. The molecule has 2 N–H and O–H groups in total. The highest BCUT2D eigenvalue weighted by Crippen LogP contribution is 2.23. The van der Waals surface area contributed by atoms with E-state index in [1.165, 1.54) is 0 Å². The van der Waals surface area contributed by atoms with Crippen LogP contribution in [-0.4, -0.2) is 50.3 Å². The van der Waals surface area contributed by atoms with Crippen LogP contribution in [0, 0.1) is 0 Å². The van der Waals surface area contributed by atoms with Crippen molar-refractivity contribution < 1.29 is 14.3 Å². The summed E-state index contributed by atoms with van der Waals surface area (Å²) in [6.07, 6.45) is 0.668. The van der Waals surface area contributed by atoms with Crippen molar-refractivity contribution in [2.24, 2.45) is 5.73 Å². The van der Waals surface area contributed by atoms with Gasteiger partial charge in [-0.05, 0) is 36.7 Å². The molecule has 1 aromatic rings. The monoisotopic (exact) mass is 298 g/mol. The van der Waals surface area contributed by atoms with Crippen molar-refractivity contribution >= 4 is 17.5 Å². The zero-order valence-electron chi connectivity index (χ0n) is 11.3. The number of nitrogens with zero attached hydrogens (tertiary/aromatic N) is 1. The summed E-state index contributed by atoms with van der Waals surface area (Å²) in [5.74, 6) is 0.642. The molecule has 0 aromatic heterocycles. The summed E-state index contributed by atoms with van der Waals surface area (Å²) in [7, 11) is 0. The predicted molar refractivity (Wildman–Crippen MR) is 77.1 cm³/mol. The molecular formula is C14H19ClN2O3. The van der Waals surface area contributed by atoms with Gasteiger partial charge in [0.05, 0.1) is 13.2 Å². The van der Waals surface area contributed by atoms with Crippen LogP contribution in [0.5, 0.6) is 5.75 Å². The number of hydrogen-bond acceptors (Lipinski definition) is 4. The summed E-state index contributed by atoms with van der Waals surface area (Å²) in [4.78, 5) is 13.8. The second-order valence-corrected chi connectivity index (χ2v) is 5.01. The molecule has 1 heterocycles. The van der Waals surface area contributed by atoms with E-state index in [1.807, 2.05) is 6.07 Å². The fourth-order valence-electron chi connectivity index (χ4n) is 2.08. The van der Waals surface area contributed by atoms with E-state index in [2.05, 4.69) is 0 Å². The van der Waals surface area contributed by atoms with E-state index in [0.29, 0.717) is 50.0 Å². The first-order chi connectivity index (χ1) is 9.70. The summed E-state index contributed by atoms with van der Waals surface area (Å²) in [5.41, 5.74) is 6.49. The van der Waals surface area contributed by atoms with Crippen molar-refractivity contribution in [2.45, 2.75) is 6.42 Å². The van der Waals surface area contributed by atoms with Crippen molar-refractivity contribution in [3.63, 3.8) is 0 Å². The van der Waals surface area contributed by atoms with Gasteiger partial charge in [0.15, 0.2) is 6.61 Å². The van der Waals surface area contributed by atoms with Crippen molar-refractivity contribution in [2.75, 3.05) is 39.5 Å². The van der Waals surface area contributed by atoms with E-state index in [9.17, 15) is 4.79 Å². The molecule has 0 unspecified atom stereocenters. The third kappa shape index (κ3) is 4.10. The Morgan fingerprint density at radius 2 is 2.15 bits per heavy atom. The third-order valence-corrected chi connectivity index (χ3v) is 3.39. The van der Waals surface area contributed by atoms with Crippen LogP contribution in [0.2, 0.25) is 5.02 Å². The van der Waals surface area contributed by atoms with Gasteiger partial charge < -0.3 is 20.1 Å². The smallest absolute Gasteiger partial charge is 0.260 e. The number of carbonyl (C=O) groups excluding carboxylic acids is 1. The number of carbonyl (C=O) groups is 1. The Balaban J connectivity index is 1.94. The maximum absolute atomic E-state index is 12.0. The molecule has 1 amide bonds. The maximum Gasteiger partial charge on any atom is 0.260 e. The van der Waals surface area contributed by atoms with Gasteiger partial charge >= 0.3 is 0 Å². The largest absolute Gasteiger partial charge is 0.483 e. The van der Waals surface area contributed by atoms with Crippen LogP contribution < -0.4 is 10.5 Å². The lowest BCUT2D eigenvalue weighted by molar-refractivity contribution is -0.137. The predicted octanol–water partition coefficient (Wildman–Crippen LogP) is 1.08. The topological polar surface area (TPSA) is 64.8 Å². The van der Waals surface area contributed by atoms with Crippen LogP contribution in [0.3, 0.4) is 0 Å². The lowest BCUT2D eigenvalue weighted by Gasteiger charge is -2.26. The summed E-state index contributed by atoms with van der Waals surface area (Å²) < 4.78 is 10.8. The Morgan fingerprint density at radius 1 is 1.40 bits per heavy atom. The van der Waals surface area contributed by atoms with E-state index < -0.39 is 0 Å². The van der Waals surface area contributed by atoms with Gasteiger partial charge in [-0.3, -0.25) is 4.79 Å². The number of halogens is 1. The molecule has 1 fully saturated rings. The fourth-order valence-corrected chi connectivity index (χ4v) is 2.28. The van der Waals surface area contributed by atoms with Gasteiger partial charge in [0.25, 0.3) is 5.91 Å². The average Bonchev–Trinajstić information content (AvgIpc) is 2.47. The van der Waals surface area contributed by atoms with Crippen molar-refractivity contribution in [3.8, 4) is 5.75 Å². The molecular weight excluding hydrogens is 280 g/mol. The molecule has 0 atom stereocenters. The molecule has 0 bridgehead atoms. The Labute approximate surface area is 123 Å². The molecule has 5 nitrogen and oxygen atoms in total. The van der Waals surface area contributed by atoms with Crippen LogP contribution in [0.1, 0.15) is 5.56 Å². The molecule has 1 aliphatic rings. The first-order valence-corrected chi connectivity index (χ1v) is 7.05. The molecule has 0 radical (unpaired) electrons. The van der Waals surface area contributed by atoms with Crippen LogP contribution in [0.25, 0.3) is 0 Å². The Kier molecular flexibility index (Phi) is 5.64. The zero-order chi connectivity index (χ0) is 14.4. The molecule has 1 aliphatic heterocycles. The molecule has 0 aliphatic carbocycles. The molecule has 0 saturated carbocycles. The highest BCUT2D eigenvalue weighted by Gasteiger charge is 2.17. The van der Waals surface area contributed by atoms with Crippen LogP contribution in [0.4, 0.5) is 0 Å². The van der Waals surface area contributed by atoms with E-state index >= 15 is 0 Å². The molecule has 20 heavy (non-hydrogen) atoms. The van der Waals surface area contributed by atoms with E-state index in [1.54, 1.807) is 17.0 Å². The molecule has 1 saturated heterocycles. The minimum absolute atomic E-state index is 0.0260. The number of amides is 1. The zero-order valence-corrected chi connectivity index (χ0v) is 12.1. The number of benzene rings is 1. The van der Waals surface area contributed by atoms with Gasteiger partial charge in [0.1, 0.15) is 5.75 Å². The third-order valence-electron chi connectivity index (χ3n) is 3.15. The van der Waals surface area contributed by atoms with Crippen molar-refractivity contribution in [1.82, 2.24) is 4.90 Å². The summed E-state index contributed by atoms with van der Waals surface area (Å²) in [6, 6.07) is 5.35. The van der Waals surface area contributed by atoms with Gasteiger partial charge in [-0.1, -0.05) is 11.6 Å². The quantitative estimate of drug-likeness (QED) is 0.883. The van der Waals surface area contributed by atoms with E-state index in [4.69, 9.17) is 26.8 Å². The summed E-state index contributed by atoms with van der Waals surface area (Å²) in [5, 5.41) is 0.639. The van der Waals surface area contributed by atoms with Gasteiger partial charge in [0, 0.05) is 18.1 Å². The lowest BCUT2D eigenvalue weighted by Crippen LogP contribution is -2.43. The van der Waals surface area contributed by atoms with Gasteiger partial charge in [-0.15, -0.1) is 0 Å². The SMILES string of the molecule is NCCc1cc(Cl)ccc1OCC(=O)N1CCOCC1. The van der Waals surface area contributed by atoms with Gasteiger partial charge in [-0.25, -0.2) is 0 Å². The van der Waals surface area contributed by atoms with Gasteiger partial charge in [0.2, 0.25) is 0 Å². The van der Waals surface area contributed by atoms with Crippen molar-refractivity contribution in [3.05, 3.63) is 28.8 Å². The second-order valence-electron chi connectivity index (χ2n) is 4.57. The standard InChI is InChI=1S/C14H19ClN2O3/c15-12-1-2-13(11(9-12)3-4-16)20-10-14(18)17-5-7-19-8-6-17/h1-2,9H,3-8,10,16H2. The van der Waals surface area contributed by atoms with Gasteiger partial charge in [-0.2, -0.15) is 0 Å². The number of rotatable bonds is 5. The minimum Gasteiger partial charge on any atom is -0.483 e. The molecule has 1 aromatic carbocycles. The van der Waals surface area contributed by atoms with Crippen LogP contribution in [0.15, 0.2) is 18.2 Å². The fraction of sp³-hybridized carbons (Fsp3) is 0.500. The normalized spacial score (nSPS) is 15.2. The van der Waals surface area contributed by atoms with Crippen LogP contribution >= 0.6 is 11.6 Å². The second kappa shape index (κ2) is 7.47. The van der Waals surface area contributed by atoms with Crippen molar-refractivity contribution in [1.29, 1.82) is 0 Å². The molecule has 2 rings (SSSR count). The summed E-state index contributed by atoms with van der Waals surface area (Å²) in [6.45, 7) is 2.96. The minimum atomic E-state index is -0.0260. The Bertz CT molecular complexity index is 462. The highest BCUT2D eigenvalue weighted by molar-refractivity contribution is 6.30. The Morgan fingerprint density at radius 3 is 2.85 bits per heavy atom. The lowest BCUT2D eigenvalue weighted by atomic mass is 10.1. The number of morpholine rings is 1. The van der Waals surface area contributed by atoms with Crippen LogP contribution in [-0.2, 0) is 16.0 Å². The number of hydrogen-bond donors (Lipinski definition) is 1. The van der Waals surface area contributed by atoms with E-state index in [0.717, 1.165) is 5.56 Å². The first-order valence-electron chi connectivity index (χ1n) is 6.67. The molecule has 0 spiro atoms. The molecule has 110 valence electrons. The number of nitrogens with two attached hydrogens (primary N) is 1. The molecule has 6 heteroatoms. The maximum atomic E-state index is 12.0. The van der Waals surface area contributed by atoms with E-state index in [-0.39, 0.29) is 12.5 Å². The summed E-state index contributed by atoms with van der Waals surface area (Å²) >= 11 is 5.95. The average molecular weight is 299 g/mol.